The summed E-state index contributed by atoms with van der Waals surface area (Å²) in [5.41, 5.74) is 0.704. The lowest BCUT2D eigenvalue weighted by molar-refractivity contribution is -0.139. The molecule has 1 saturated heterocycles. The van der Waals surface area contributed by atoms with Gasteiger partial charge in [-0.05, 0) is 31.0 Å². The lowest BCUT2D eigenvalue weighted by Crippen LogP contribution is -2.43. The van der Waals surface area contributed by atoms with E-state index in [1.165, 1.54) is 16.4 Å². The van der Waals surface area contributed by atoms with E-state index in [1.807, 2.05) is 13.8 Å². The SMILES string of the molecule is CC[C@H](C)NC(=O)C(=O)NCc1ccc(S(=O)(=O)N2CCOCC2)cc1. The second-order valence-corrected chi connectivity index (χ2v) is 8.06. The minimum Gasteiger partial charge on any atom is -0.379 e. The highest BCUT2D eigenvalue weighted by molar-refractivity contribution is 7.89. The zero-order valence-electron chi connectivity index (χ0n) is 15.0. The number of morpholine rings is 1. The molecule has 0 saturated carbocycles. The highest BCUT2D eigenvalue weighted by atomic mass is 32.2. The summed E-state index contributed by atoms with van der Waals surface area (Å²) in [6, 6.07) is 6.19. The minimum absolute atomic E-state index is 0.0714. The number of ether oxygens (including phenoxy) is 1. The summed E-state index contributed by atoms with van der Waals surface area (Å²) < 4.78 is 31.6. The van der Waals surface area contributed by atoms with Crippen molar-refractivity contribution in [1.29, 1.82) is 0 Å². The number of hydrogen-bond acceptors (Lipinski definition) is 5. The lowest BCUT2D eigenvalue weighted by atomic mass is 10.2. The van der Waals surface area contributed by atoms with Crippen LogP contribution in [0.5, 0.6) is 0 Å². The Morgan fingerprint density at radius 1 is 1.15 bits per heavy atom. The van der Waals surface area contributed by atoms with Crippen molar-refractivity contribution >= 4 is 21.8 Å². The van der Waals surface area contributed by atoms with E-state index in [1.54, 1.807) is 12.1 Å². The summed E-state index contributed by atoms with van der Waals surface area (Å²) in [5, 5.41) is 5.11. The highest BCUT2D eigenvalue weighted by Crippen LogP contribution is 2.17. The number of nitrogens with one attached hydrogen (secondary N) is 2. The fourth-order valence-electron chi connectivity index (χ4n) is 2.37. The van der Waals surface area contributed by atoms with Crippen molar-refractivity contribution in [3.63, 3.8) is 0 Å². The molecular weight excluding hydrogens is 358 g/mol. The van der Waals surface area contributed by atoms with E-state index in [4.69, 9.17) is 4.74 Å². The van der Waals surface area contributed by atoms with Gasteiger partial charge in [0.05, 0.1) is 18.1 Å². The van der Waals surface area contributed by atoms with Gasteiger partial charge in [-0.15, -0.1) is 0 Å². The van der Waals surface area contributed by atoms with Gasteiger partial charge in [-0.1, -0.05) is 19.1 Å². The molecule has 0 aromatic heterocycles. The van der Waals surface area contributed by atoms with Crippen LogP contribution in [0.3, 0.4) is 0 Å². The second-order valence-electron chi connectivity index (χ2n) is 6.13. The fraction of sp³-hybridized carbons (Fsp3) is 0.529. The lowest BCUT2D eigenvalue weighted by Gasteiger charge is -2.26. The topological polar surface area (TPSA) is 105 Å². The van der Waals surface area contributed by atoms with Gasteiger partial charge in [0.2, 0.25) is 10.0 Å². The second kappa shape index (κ2) is 9.11. The maximum atomic E-state index is 12.5. The molecule has 1 atom stereocenters. The van der Waals surface area contributed by atoms with Crippen LogP contribution in [0.15, 0.2) is 29.2 Å². The first kappa shape index (κ1) is 20.3. The average molecular weight is 383 g/mol. The molecule has 0 aliphatic carbocycles. The van der Waals surface area contributed by atoms with Gasteiger partial charge in [0.25, 0.3) is 0 Å². The molecule has 1 aromatic carbocycles. The van der Waals surface area contributed by atoms with E-state index in [0.29, 0.717) is 31.9 Å². The van der Waals surface area contributed by atoms with Crippen molar-refractivity contribution < 1.29 is 22.7 Å². The van der Waals surface area contributed by atoms with Crippen LogP contribution in [0.25, 0.3) is 0 Å². The molecule has 9 heteroatoms. The third-order valence-corrected chi connectivity index (χ3v) is 6.09. The molecule has 1 aliphatic rings. The third-order valence-electron chi connectivity index (χ3n) is 4.18. The number of amides is 2. The Labute approximate surface area is 153 Å². The first-order chi connectivity index (χ1) is 12.3. The number of carbonyl (C=O) groups excluding carboxylic acids is 2. The van der Waals surface area contributed by atoms with E-state index in [2.05, 4.69) is 10.6 Å². The summed E-state index contributed by atoms with van der Waals surface area (Å²) in [4.78, 5) is 23.6. The van der Waals surface area contributed by atoms with Gasteiger partial charge < -0.3 is 15.4 Å². The van der Waals surface area contributed by atoms with Crippen LogP contribution in [0, 0.1) is 0 Å². The molecule has 26 heavy (non-hydrogen) atoms. The summed E-state index contributed by atoms with van der Waals surface area (Å²) in [6.07, 6.45) is 0.734. The van der Waals surface area contributed by atoms with Crippen LogP contribution in [0.1, 0.15) is 25.8 Å². The number of carbonyl (C=O) groups is 2. The van der Waals surface area contributed by atoms with Gasteiger partial charge in [0.15, 0.2) is 0 Å². The van der Waals surface area contributed by atoms with E-state index in [-0.39, 0.29) is 17.5 Å². The van der Waals surface area contributed by atoms with Gasteiger partial charge in [-0.3, -0.25) is 9.59 Å². The zero-order valence-corrected chi connectivity index (χ0v) is 15.8. The van der Waals surface area contributed by atoms with E-state index < -0.39 is 21.8 Å². The summed E-state index contributed by atoms with van der Waals surface area (Å²) in [6.45, 7) is 5.33. The molecule has 0 bridgehead atoms. The Balaban J connectivity index is 1.93. The number of sulfonamides is 1. The van der Waals surface area contributed by atoms with Gasteiger partial charge in [0.1, 0.15) is 0 Å². The van der Waals surface area contributed by atoms with Crippen LogP contribution in [-0.4, -0.2) is 56.9 Å². The van der Waals surface area contributed by atoms with Gasteiger partial charge in [-0.2, -0.15) is 4.31 Å². The monoisotopic (exact) mass is 383 g/mol. The minimum atomic E-state index is -3.54. The van der Waals surface area contributed by atoms with Crippen LogP contribution >= 0.6 is 0 Å². The number of rotatable bonds is 6. The predicted octanol–water partition coefficient (Wildman–Crippen LogP) is 0.238. The maximum absolute atomic E-state index is 12.5. The van der Waals surface area contributed by atoms with E-state index >= 15 is 0 Å². The molecule has 1 heterocycles. The predicted molar refractivity (Wildman–Crippen MR) is 95.8 cm³/mol. The summed E-state index contributed by atoms with van der Waals surface area (Å²) in [7, 11) is -3.54. The van der Waals surface area contributed by atoms with Crippen LogP contribution < -0.4 is 10.6 Å². The molecule has 0 unspecified atom stereocenters. The molecule has 0 spiro atoms. The molecule has 144 valence electrons. The Bertz CT molecular complexity index is 727. The molecule has 0 radical (unpaired) electrons. The summed E-state index contributed by atoms with van der Waals surface area (Å²) in [5.74, 6) is -1.39. The molecule has 1 aliphatic heterocycles. The fourth-order valence-corrected chi connectivity index (χ4v) is 3.78. The Morgan fingerprint density at radius 3 is 2.35 bits per heavy atom. The van der Waals surface area contributed by atoms with Crippen LogP contribution in [0.2, 0.25) is 0 Å². The molecule has 1 aromatic rings. The molecule has 1 fully saturated rings. The van der Waals surface area contributed by atoms with Crippen LogP contribution in [0.4, 0.5) is 0 Å². The molecular formula is C17H25N3O5S. The number of benzene rings is 1. The zero-order chi connectivity index (χ0) is 19.2. The Hall–Kier alpha value is -1.97. The average Bonchev–Trinajstić information content (AvgIpc) is 2.66. The smallest absolute Gasteiger partial charge is 0.309 e. The van der Waals surface area contributed by atoms with E-state index in [9.17, 15) is 18.0 Å². The molecule has 2 N–H and O–H groups in total. The Kier molecular flexibility index (Phi) is 7.13. The largest absolute Gasteiger partial charge is 0.379 e. The van der Waals surface area contributed by atoms with Crippen LogP contribution in [-0.2, 0) is 30.9 Å². The van der Waals surface area contributed by atoms with Crippen molar-refractivity contribution in [3.05, 3.63) is 29.8 Å². The molecule has 2 amide bonds. The first-order valence-electron chi connectivity index (χ1n) is 8.60. The Morgan fingerprint density at radius 2 is 1.77 bits per heavy atom. The maximum Gasteiger partial charge on any atom is 0.309 e. The summed E-state index contributed by atoms with van der Waals surface area (Å²) >= 11 is 0. The van der Waals surface area contributed by atoms with Crippen molar-refractivity contribution in [2.75, 3.05) is 26.3 Å². The molecule has 8 nitrogen and oxygen atoms in total. The number of nitrogens with zero attached hydrogens (tertiary/aromatic N) is 1. The van der Waals surface area contributed by atoms with Crippen molar-refractivity contribution in [2.24, 2.45) is 0 Å². The van der Waals surface area contributed by atoms with Gasteiger partial charge in [0, 0.05) is 25.7 Å². The van der Waals surface area contributed by atoms with E-state index in [0.717, 1.165) is 6.42 Å². The normalized spacial score (nSPS) is 16.7. The number of hydrogen-bond donors (Lipinski definition) is 2. The van der Waals surface area contributed by atoms with Gasteiger partial charge in [-0.25, -0.2) is 8.42 Å². The van der Waals surface area contributed by atoms with Gasteiger partial charge >= 0.3 is 11.8 Å². The molecule has 2 rings (SSSR count). The first-order valence-corrected chi connectivity index (χ1v) is 10.0. The quantitative estimate of drug-likeness (QED) is 0.685. The third kappa shape index (κ3) is 5.26. The van der Waals surface area contributed by atoms with Crippen molar-refractivity contribution in [1.82, 2.24) is 14.9 Å². The van der Waals surface area contributed by atoms with Crippen molar-refractivity contribution in [2.45, 2.75) is 37.8 Å². The van der Waals surface area contributed by atoms with Crippen molar-refractivity contribution in [3.8, 4) is 0 Å². The standard InChI is InChI=1S/C17H25N3O5S/c1-3-13(2)19-17(22)16(21)18-12-14-4-6-15(7-5-14)26(23,24)20-8-10-25-11-9-20/h4-7,13H,3,8-12H2,1-2H3,(H,18,21)(H,19,22)/t13-/m0/s1. The highest BCUT2D eigenvalue weighted by Gasteiger charge is 2.26.